The van der Waals surface area contributed by atoms with Crippen molar-refractivity contribution < 1.29 is 9.53 Å². The van der Waals surface area contributed by atoms with Gasteiger partial charge < -0.3 is 15.4 Å². The third-order valence-corrected chi connectivity index (χ3v) is 4.39. The van der Waals surface area contributed by atoms with Crippen molar-refractivity contribution in [1.82, 2.24) is 4.98 Å². The van der Waals surface area contributed by atoms with E-state index in [2.05, 4.69) is 9.88 Å². The highest BCUT2D eigenvalue weighted by atomic mass is 16.5. The number of anilines is 1. The highest BCUT2D eigenvalue weighted by molar-refractivity contribution is 5.91. The summed E-state index contributed by atoms with van der Waals surface area (Å²) < 4.78 is 5.79. The summed E-state index contributed by atoms with van der Waals surface area (Å²) in [6, 6.07) is 3.73. The summed E-state index contributed by atoms with van der Waals surface area (Å²) in [5.74, 6) is 0.215. The maximum absolute atomic E-state index is 11.2. The number of amides is 1. The predicted molar refractivity (Wildman–Crippen MR) is 76.7 cm³/mol. The first-order valence-electron chi connectivity index (χ1n) is 7.36. The van der Waals surface area contributed by atoms with Gasteiger partial charge in [-0.25, -0.2) is 0 Å². The van der Waals surface area contributed by atoms with E-state index in [-0.39, 0.29) is 0 Å². The molecule has 2 aliphatic heterocycles. The minimum atomic E-state index is -0.471. The number of carbonyl (C=O) groups is 1. The van der Waals surface area contributed by atoms with E-state index in [0.29, 0.717) is 17.7 Å². The molecule has 5 nitrogen and oxygen atoms in total. The van der Waals surface area contributed by atoms with Crippen molar-refractivity contribution >= 4 is 11.6 Å². The Morgan fingerprint density at radius 1 is 1.35 bits per heavy atom. The van der Waals surface area contributed by atoms with Crippen LogP contribution in [0.5, 0.6) is 0 Å². The summed E-state index contributed by atoms with van der Waals surface area (Å²) in [5.41, 5.74) is 6.66. The van der Waals surface area contributed by atoms with Gasteiger partial charge in [-0.1, -0.05) is 0 Å². The molecule has 1 aromatic rings. The minimum Gasteiger partial charge on any atom is -0.378 e. The molecule has 0 bridgehead atoms. The number of ether oxygens (including phenoxy) is 1. The molecule has 0 aliphatic carbocycles. The number of nitrogens with two attached hydrogens (primary N) is 1. The number of hydrogen-bond acceptors (Lipinski definition) is 4. The molecule has 1 atom stereocenters. The summed E-state index contributed by atoms with van der Waals surface area (Å²) in [6.07, 6.45) is 6.85. The van der Waals surface area contributed by atoms with Gasteiger partial charge in [0, 0.05) is 31.6 Å². The van der Waals surface area contributed by atoms with E-state index in [4.69, 9.17) is 10.5 Å². The summed E-state index contributed by atoms with van der Waals surface area (Å²) in [4.78, 5) is 17.5. The van der Waals surface area contributed by atoms with Crippen LogP contribution < -0.4 is 10.6 Å². The SMILES string of the molecule is NC(=O)c1cc(N2CCC(C3CCCO3)CC2)ccn1. The van der Waals surface area contributed by atoms with Crippen LogP contribution in [0.2, 0.25) is 0 Å². The zero-order valence-corrected chi connectivity index (χ0v) is 11.6. The van der Waals surface area contributed by atoms with Gasteiger partial charge in [0.15, 0.2) is 0 Å². The van der Waals surface area contributed by atoms with Crippen molar-refractivity contribution in [2.75, 3.05) is 24.6 Å². The average molecular weight is 275 g/mol. The first-order valence-corrected chi connectivity index (χ1v) is 7.36. The largest absolute Gasteiger partial charge is 0.378 e. The van der Waals surface area contributed by atoms with Gasteiger partial charge in [-0.2, -0.15) is 0 Å². The van der Waals surface area contributed by atoms with Crippen LogP contribution in [0.25, 0.3) is 0 Å². The Bertz CT molecular complexity index is 478. The first-order chi connectivity index (χ1) is 9.74. The predicted octanol–water partition coefficient (Wildman–Crippen LogP) is 1.58. The number of primary amides is 1. The molecule has 0 radical (unpaired) electrons. The van der Waals surface area contributed by atoms with Crippen LogP contribution >= 0.6 is 0 Å². The highest BCUT2D eigenvalue weighted by Gasteiger charge is 2.29. The molecular formula is C15H21N3O2. The number of piperidine rings is 1. The second-order valence-corrected chi connectivity index (χ2v) is 5.64. The molecule has 3 heterocycles. The third-order valence-electron chi connectivity index (χ3n) is 4.39. The Labute approximate surface area is 119 Å². The van der Waals surface area contributed by atoms with E-state index in [1.54, 1.807) is 12.3 Å². The molecule has 0 aromatic carbocycles. The second kappa shape index (κ2) is 5.79. The maximum Gasteiger partial charge on any atom is 0.267 e. The van der Waals surface area contributed by atoms with Crippen molar-refractivity contribution in [2.24, 2.45) is 11.7 Å². The van der Waals surface area contributed by atoms with Crippen LogP contribution in [-0.4, -0.2) is 36.7 Å². The van der Waals surface area contributed by atoms with E-state index >= 15 is 0 Å². The Morgan fingerprint density at radius 3 is 2.80 bits per heavy atom. The lowest BCUT2D eigenvalue weighted by molar-refractivity contribution is 0.0531. The molecule has 2 fully saturated rings. The van der Waals surface area contributed by atoms with Gasteiger partial charge in [0.25, 0.3) is 5.91 Å². The summed E-state index contributed by atoms with van der Waals surface area (Å²) in [5, 5.41) is 0. The van der Waals surface area contributed by atoms with Crippen molar-refractivity contribution in [3.05, 3.63) is 24.0 Å². The first kappa shape index (κ1) is 13.4. The zero-order chi connectivity index (χ0) is 13.9. The topological polar surface area (TPSA) is 68.5 Å². The molecule has 5 heteroatoms. The Kier molecular flexibility index (Phi) is 3.87. The molecule has 20 heavy (non-hydrogen) atoms. The number of pyridine rings is 1. The lowest BCUT2D eigenvalue weighted by Crippen LogP contribution is -2.37. The summed E-state index contributed by atoms with van der Waals surface area (Å²) in [7, 11) is 0. The minimum absolute atomic E-state index is 0.337. The quantitative estimate of drug-likeness (QED) is 0.909. The number of carbonyl (C=O) groups excluding carboxylic acids is 1. The lowest BCUT2D eigenvalue weighted by Gasteiger charge is -2.35. The van der Waals surface area contributed by atoms with Gasteiger partial charge >= 0.3 is 0 Å². The van der Waals surface area contributed by atoms with Crippen LogP contribution in [0, 0.1) is 5.92 Å². The fraction of sp³-hybridized carbons (Fsp3) is 0.600. The monoisotopic (exact) mass is 275 g/mol. The van der Waals surface area contributed by atoms with Gasteiger partial charge in [-0.15, -0.1) is 0 Å². The fourth-order valence-electron chi connectivity index (χ4n) is 3.25. The molecule has 1 unspecified atom stereocenters. The number of rotatable bonds is 3. The normalized spacial score (nSPS) is 24.0. The molecule has 2 N–H and O–H groups in total. The Hall–Kier alpha value is -1.62. The van der Waals surface area contributed by atoms with E-state index in [9.17, 15) is 4.79 Å². The summed E-state index contributed by atoms with van der Waals surface area (Å²) in [6.45, 7) is 2.94. The van der Waals surface area contributed by atoms with Crippen LogP contribution in [0.3, 0.4) is 0 Å². The Morgan fingerprint density at radius 2 is 2.15 bits per heavy atom. The highest BCUT2D eigenvalue weighted by Crippen LogP contribution is 2.30. The van der Waals surface area contributed by atoms with Gasteiger partial charge in [0.1, 0.15) is 5.69 Å². The number of hydrogen-bond donors (Lipinski definition) is 1. The second-order valence-electron chi connectivity index (χ2n) is 5.64. The fourth-order valence-corrected chi connectivity index (χ4v) is 3.25. The maximum atomic E-state index is 11.2. The zero-order valence-electron chi connectivity index (χ0n) is 11.6. The average Bonchev–Trinajstić information content (AvgIpc) is 3.02. The van der Waals surface area contributed by atoms with E-state index in [1.807, 2.05) is 6.07 Å². The molecule has 2 saturated heterocycles. The van der Waals surface area contributed by atoms with Crippen LogP contribution in [-0.2, 0) is 4.74 Å². The summed E-state index contributed by atoms with van der Waals surface area (Å²) >= 11 is 0. The standard InChI is InChI=1S/C15H21N3O2/c16-15(19)13-10-12(3-6-17-13)18-7-4-11(5-8-18)14-2-1-9-20-14/h3,6,10-11,14H,1-2,4-5,7-9H2,(H2,16,19). The molecular weight excluding hydrogens is 254 g/mol. The Balaban J connectivity index is 1.62. The molecule has 2 aliphatic rings. The third kappa shape index (κ3) is 2.77. The van der Waals surface area contributed by atoms with E-state index in [1.165, 1.54) is 12.8 Å². The number of aromatic nitrogens is 1. The van der Waals surface area contributed by atoms with Crippen molar-refractivity contribution in [1.29, 1.82) is 0 Å². The smallest absolute Gasteiger partial charge is 0.267 e. The van der Waals surface area contributed by atoms with Crippen molar-refractivity contribution in [3.63, 3.8) is 0 Å². The molecule has 108 valence electrons. The van der Waals surface area contributed by atoms with Gasteiger partial charge in [0.05, 0.1) is 6.10 Å². The van der Waals surface area contributed by atoms with Crippen LogP contribution in [0.15, 0.2) is 18.3 Å². The van der Waals surface area contributed by atoms with Gasteiger partial charge in [-0.3, -0.25) is 9.78 Å². The van der Waals surface area contributed by atoms with Crippen molar-refractivity contribution in [3.8, 4) is 0 Å². The number of nitrogens with zero attached hydrogens (tertiary/aromatic N) is 2. The van der Waals surface area contributed by atoms with Crippen molar-refractivity contribution in [2.45, 2.75) is 31.8 Å². The molecule has 3 rings (SSSR count). The van der Waals surface area contributed by atoms with Crippen LogP contribution in [0.1, 0.15) is 36.2 Å². The molecule has 0 spiro atoms. The van der Waals surface area contributed by atoms with E-state index < -0.39 is 5.91 Å². The van der Waals surface area contributed by atoms with Gasteiger partial charge in [-0.05, 0) is 43.7 Å². The molecule has 1 aromatic heterocycles. The van der Waals surface area contributed by atoms with Crippen LogP contribution in [0.4, 0.5) is 5.69 Å². The lowest BCUT2D eigenvalue weighted by atomic mass is 9.89. The molecule has 0 saturated carbocycles. The van der Waals surface area contributed by atoms with Gasteiger partial charge in [0.2, 0.25) is 0 Å². The van der Waals surface area contributed by atoms with E-state index in [0.717, 1.165) is 38.2 Å². The molecule has 1 amide bonds.